The molecule has 0 rings (SSSR count). The van der Waals surface area contributed by atoms with E-state index in [2.05, 4.69) is 12.6 Å². The number of thiol groups is 1. The van der Waals surface area contributed by atoms with Crippen LogP contribution < -0.4 is 0 Å². The Morgan fingerprint density at radius 1 is 0.323 bits per heavy atom. The molecule has 0 fully saturated rings. The van der Waals surface area contributed by atoms with Gasteiger partial charge in [0.1, 0.15) is 0 Å². The van der Waals surface area contributed by atoms with E-state index in [-0.39, 0.29) is 0 Å². The zero-order valence-corrected chi connectivity index (χ0v) is 24.4. The topological polar surface area (TPSA) is 0 Å². The minimum atomic E-state index is -1.33. The van der Waals surface area contributed by atoms with Crippen molar-refractivity contribution in [1.82, 2.24) is 0 Å². The Labute approximate surface area is 213 Å². The summed E-state index contributed by atoms with van der Waals surface area (Å²) in [7, 11) is -1.33. The predicted octanol–water partition coefficient (Wildman–Crippen LogP) is 11.4. The van der Waals surface area contributed by atoms with Gasteiger partial charge >= 0.3 is 0 Å². The van der Waals surface area contributed by atoms with Gasteiger partial charge in [0.05, 0.1) is 0 Å². The maximum absolute atomic E-state index is 5.89. The van der Waals surface area contributed by atoms with Gasteiger partial charge in [-0.1, -0.05) is 154 Å². The number of hydrogen-bond acceptors (Lipinski definition) is 1. The Hall–Kier alpha value is 1.15. The molecule has 0 aromatic rings. The van der Waals surface area contributed by atoms with Crippen molar-refractivity contribution >= 4 is 42.2 Å². The Bertz CT molecular complexity index is 316. The van der Waals surface area contributed by atoms with E-state index in [0.29, 0.717) is 0 Å². The van der Waals surface area contributed by atoms with Gasteiger partial charge in [-0.15, -0.1) is 0 Å². The highest BCUT2D eigenvalue weighted by Crippen LogP contribution is 2.16. The van der Waals surface area contributed by atoms with Crippen molar-refractivity contribution in [2.45, 2.75) is 167 Å². The van der Waals surface area contributed by atoms with Crippen LogP contribution in [0.25, 0.3) is 0 Å². The van der Waals surface area contributed by atoms with Crippen LogP contribution in [-0.2, 0) is 0 Å². The van der Waals surface area contributed by atoms with Crippen LogP contribution in [-0.4, -0.2) is 13.2 Å². The molecule has 0 aromatic carbocycles. The van der Waals surface area contributed by atoms with Gasteiger partial charge < -0.3 is 0 Å². The van der Waals surface area contributed by atoms with Gasteiger partial charge in [0, 0.05) is 0 Å². The zero-order chi connectivity index (χ0) is 22.7. The SMILES string of the molecule is SCCCCCCCCCCCCCCCCCCCCCCCCCCC[SiH](Cl)Cl. The second kappa shape index (κ2) is 29.2. The second-order valence-electron chi connectivity index (χ2n) is 9.74. The predicted molar refractivity (Wildman–Crippen MR) is 153 cm³/mol. The first-order chi connectivity index (χ1) is 15.3. The van der Waals surface area contributed by atoms with Crippen molar-refractivity contribution in [3.8, 4) is 0 Å². The van der Waals surface area contributed by atoms with Crippen molar-refractivity contribution in [3.63, 3.8) is 0 Å². The third-order valence-electron chi connectivity index (χ3n) is 6.58. The van der Waals surface area contributed by atoms with E-state index < -0.39 is 7.42 Å². The van der Waals surface area contributed by atoms with E-state index in [9.17, 15) is 0 Å². The van der Waals surface area contributed by atoms with Gasteiger partial charge in [-0.2, -0.15) is 34.8 Å². The van der Waals surface area contributed by atoms with Gasteiger partial charge in [0.2, 0.25) is 7.42 Å². The van der Waals surface area contributed by atoms with Gasteiger partial charge in [0.15, 0.2) is 0 Å². The normalized spacial score (nSPS) is 11.6. The summed E-state index contributed by atoms with van der Waals surface area (Å²) in [6.45, 7) is 0. The summed E-state index contributed by atoms with van der Waals surface area (Å²) < 4.78 is 0. The van der Waals surface area contributed by atoms with Crippen LogP contribution in [0.15, 0.2) is 0 Å². The Balaban J connectivity index is 2.99. The van der Waals surface area contributed by atoms with E-state index in [4.69, 9.17) is 22.2 Å². The summed E-state index contributed by atoms with van der Waals surface area (Å²) in [5.74, 6) is 1.06. The summed E-state index contributed by atoms with van der Waals surface area (Å²) in [5.41, 5.74) is 0. The van der Waals surface area contributed by atoms with E-state index in [0.717, 1.165) is 11.8 Å². The van der Waals surface area contributed by atoms with Crippen molar-refractivity contribution in [1.29, 1.82) is 0 Å². The number of rotatable bonds is 27. The molecule has 0 saturated carbocycles. The maximum Gasteiger partial charge on any atom is 0.237 e. The molecule has 0 N–H and O–H groups in total. The summed E-state index contributed by atoms with van der Waals surface area (Å²) >= 11 is 16.0. The van der Waals surface area contributed by atoms with Crippen LogP contribution in [0.1, 0.15) is 161 Å². The Morgan fingerprint density at radius 3 is 0.710 bits per heavy atom. The summed E-state index contributed by atoms with van der Waals surface area (Å²) in [6.07, 6.45) is 35.8. The first kappa shape index (κ1) is 32.1. The summed E-state index contributed by atoms with van der Waals surface area (Å²) in [4.78, 5) is 0. The van der Waals surface area contributed by atoms with Gasteiger partial charge in [-0.3, -0.25) is 0 Å². The largest absolute Gasteiger partial charge is 0.237 e. The standard InChI is InChI=1S/C27H56Cl2SSi/c28-31(29)27-25-23-21-19-17-15-13-11-9-7-5-3-1-2-4-6-8-10-12-14-16-18-20-22-24-26-30/h30-31H,1-27H2. The van der Waals surface area contributed by atoms with Crippen LogP contribution >= 0.6 is 34.8 Å². The average Bonchev–Trinajstić information content (AvgIpc) is 2.76. The van der Waals surface area contributed by atoms with Crippen molar-refractivity contribution in [2.24, 2.45) is 0 Å². The average molecular weight is 512 g/mol. The highest BCUT2D eigenvalue weighted by Gasteiger charge is 2.00. The van der Waals surface area contributed by atoms with Crippen LogP contribution in [0.5, 0.6) is 0 Å². The lowest BCUT2D eigenvalue weighted by Crippen LogP contribution is -1.91. The van der Waals surface area contributed by atoms with Gasteiger partial charge in [-0.05, 0) is 18.2 Å². The highest BCUT2D eigenvalue weighted by molar-refractivity contribution is 7.80. The molecule has 0 aliphatic rings. The molecule has 0 aromatic heterocycles. The van der Waals surface area contributed by atoms with Gasteiger partial charge in [0.25, 0.3) is 0 Å². The smallest absolute Gasteiger partial charge is 0.179 e. The number of halogens is 2. The lowest BCUT2D eigenvalue weighted by molar-refractivity contribution is 0.517. The first-order valence-electron chi connectivity index (χ1n) is 14.2. The lowest BCUT2D eigenvalue weighted by Gasteiger charge is -2.04. The molecule has 0 amide bonds. The molecule has 4 heteroatoms. The van der Waals surface area contributed by atoms with Gasteiger partial charge in [-0.25, -0.2) is 0 Å². The third kappa shape index (κ3) is 31.1. The molecule has 0 atom stereocenters. The molecule has 0 aliphatic carbocycles. The zero-order valence-electron chi connectivity index (χ0n) is 20.9. The molecular formula is C27H56Cl2SSi. The lowest BCUT2D eigenvalue weighted by atomic mass is 10.0. The third-order valence-corrected chi connectivity index (χ3v) is 9.05. The first-order valence-corrected chi connectivity index (χ1v) is 19.1. The molecule has 0 heterocycles. The summed E-state index contributed by atoms with van der Waals surface area (Å²) in [5, 5.41) is 0. The van der Waals surface area contributed by atoms with Crippen LogP contribution in [0.2, 0.25) is 6.04 Å². The van der Waals surface area contributed by atoms with E-state index in [1.165, 1.54) is 161 Å². The maximum atomic E-state index is 5.89. The quantitative estimate of drug-likeness (QED) is 0.0482. The fraction of sp³-hybridized carbons (Fsp3) is 1.00. The minimum Gasteiger partial charge on any atom is -0.179 e. The second-order valence-corrected chi connectivity index (χ2v) is 15.4. The molecule has 0 unspecified atom stereocenters. The molecule has 0 nitrogen and oxygen atoms in total. The molecule has 0 aliphatic heterocycles. The molecule has 0 spiro atoms. The Morgan fingerprint density at radius 2 is 0.516 bits per heavy atom. The molecule has 31 heavy (non-hydrogen) atoms. The molecule has 188 valence electrons. The summed E-state index contributed by atoms with van der Waals surface area (Å²) in [6, 6.07) is 1.10. The van der Waals surface area contributed by atoms with Crippen molar-refractivity contribution in [3.05, 3.63) is 0 Å². The minimum absolute atomic E-state index is 1.06. The fourth-order valence-electron chi connectivity index (χ4n) is 4.48. The van der Waals surface area contributed by atoms with E-state index in [1.807, 2.05) is 0 Å². The highest BCUT2D eigenvalue weighted by atomic mass is 35.7. The van der Waals surface area contributed by atoms with E-state index >= 15 is 0 Å². The molecule has 0 saturated heterocycles. The number of unbranched alkanes of at least 4 members (excludes halogenated alkanes) is 24. The fourth-order valence-corrected chi connectivity index (χ4v) is 6.22. The monoisotopic (exact) mass is 510 g/mol. The van der Waals surface area contributed by atoms with Crippen molar-refractivity contribution in [2.75, 3.05) is 5.75 Å². The van der Waals surface area contributed by atoms with Crippen LogP contribution in [0.4, 0.5) is 0 Å². The molecule has 0 bridgehead atoms. The Kier molecular flexibility index (Phi) is 30.3. The molecular weight excluding hydrogens is 455 g/mol. The van der Waals surface area contributed by atoms with Crippen LogP contribution in [0.3, 0.4) is 0 Å². The molecule has 0 radical (unpaired) electrons. The number of hydrogen-bond donors (Lipinski definition) is 1. The van der Waals surface area contributed by atoms with E-state index in [1.54, 1.807) is 0 Å². The van der Waals surface area contributed by atoms with Crippen LogP contribution in [0, 0.1) is 0 Å². The van der Waals surface area contributed by atoms with Crippen molar-refractivity contribution < 1.29 is 0 Å².